The first-order valence-electron chi connectivity index (χ1n) is 16.5. The summed E-state index contributed by atoms with van der Waals surface area (Å²) < 4.78 is 2.01. The van der Waals surface area contributed by atoms with Crippen molar-refractivity contribution in [3.05, 3.63) is 179 Å². The molecule has 1 aromatic heterocycles. The second-order valence-electron chi connectivity index (χ2n) is 13.3. The van der Waals surface area contributed by atoms with E-state index in [0.29, 0.717) is 0 Å². The van der Waals surface area contributed by atoms with E-state index in [4.69, 9.17) is 0 Å². The molecule has 1 nitrogen and oxygen atoms in total. The Morgan fingerprint density at radius 2 is 0.854 bits per heavy atom. The molecule has 0 radical (unpaired) electrons. The topological polar surface area (TPSA) is 17.1 Å². The van der Waals surface area contributed by atoms with Crippen LogP contribution < -0.4 is 5.43 Å². The summed E-state index contributed by atoms with van der Waals surface area (Å²) in [6, 6.07) is 56.0. The summed E-state index contributed by atoms with van der Waals surface area (Å²) in [6.45, 7) is 4.61. The second kappa shape index (κ2) is 11.0. The molecule has 228 valence electrons. The number of benzene rings is 7. The van der Waals surface area contributed by atoms with Crippen molar-refractivity contribution >= 4 is 31.5 Å². The van der Waals surface area contributed by atoms with E-state index in [1.807, 2.05) is 12.1 Å². The zero-order chi connectivity index (χ0) is 32.4. The Labute approximate surface area is 284 Å². The molecule has 1 heterocycles. The van der Waals surface area contributed by atoms with E-state index in [1.54, 1.807) is 11.3 Å². The average molecular weight is 633 g/mol. The van der Waals surface area contributed by atoms with Crippen molar-refractivity contribution in [3.8, 4) is 55.6 Å². The molecule has 0 aliphatic heterocycles. The first-order chi connectivity index (χ1) is 23.4. The highest BCUT2D eigenvalue weighted by molar-refractivity contribution is 7.24. The van der Waals surface area contributed by atoms with E-state index in [-0.39, 0.29) is 10.8 Å². The van der Waals surface area contributed by atoms with Gasteiger partial charge in [-0.15, -0.1) is 11.3 Å². The predicted molar refractivity (Wildman–Crippen MR) is 205 cm³/mol. The minimum atomic E-state index is -0.0741. The summed E-state index contributed by atoms with van der Waals surface area (Å²) in [7, 11) is 0. The molecule has 0 unspecified atom stereocenters. The summed E-state index contributed by atoms with van der Waals surface area (Å²) in [5, 5.41) is 1.53. The predicted octanol–water partition coefficient (Wildman–Crippen LogP) is 12.4. The molecule has 0 saturated heterocycles. The molecule has 1 aliphatic carbocycles. The Balaban J connectivity index is 1.17. The Kier molecular flexibility index (Phi) is 6.57. The summed E-state index contributed by atoms with van der Waals surface area (Å²) in [4.78, 5) is 14.3. The lowest BCUT2D eigenvalue weighted by Crippen LogP contribution is -2.14. The summed E-state index contributed by atoms with van der Waals surface area (Å²) in [5.74, 6) is 0. The van der Waals surface area contributed by atoms with Gasteiger partial charge in [0.25, 0.3) is 0 Å². The number of fused-ring (bicyclic) bond motifs is 5. The quantitative estimate of drug-likeness (QED) is 0.176. The van der Waals surface area contributed by atoms with Crippen molar-refractivity contribution in [3.63, 3.8) is 0 Å². The van der Waals surface area contributed by atoms with Crippen molar-refractivity contribution in [2.75, 3.05) is 0 Å². The van der Waals surface area contributed by atoms with Gasteiger partial charge in [-0.05, 0) is 115 Å². The van der Waals surface area contributed by atoms with Crippen LogP contribution in [0.3, 0.4) is 0 Å². The molecular weight excluding hydrogens is 601 g/mol. The molecule has 0 amide bonds. The molecule has 9 rings (SSSR count). The molecule has 0 atom stereocenters. The van der Waals surface area contributed by atoms with Crippen LogP contribution in [0, 0.1) is 0 Å². The smallest absolute Gasteiger partial charge is 0.195 e. The normalized spacial score (nSPS) is 13.0. The van der Waals surface area contributed by atoms with Gasteiger partial charge in [-0.1, -0.05) is 123 Å². The lowest BCUT2D eigenvalue weighted by atomic mass is 9.81. The second-order valence-corrected chi connectivity index (χ2v) is 14.4. The van der Waals surface area contributed by atoms with E-state index in [2.05, 4.69) is 159 Å². The van der Waals surface area contributed by atoms with Crippen LogP contribution in [0.4, 0.5) is 0 Å². The Morgan fingerprint density at radius 3 is 1.46 bits per heavy atom. The third kappa shape index (κ3) is 4.64. The Morgan fingerprint density at radius 1 is 0.396 bits per heavy atom. The van der Waals surface area contributed by atoms with Gasteiger partial charge in [-0.25, -0.2) is 0 Å². The van der Waals surface area contributed by atoms with Gasteiger partial charge in [0, 0.05) is 25.6 Å². The van der Waals surface area contributed by atoms with Crippen molar-refractivity contribution in [1.29, 1.82) is 0 Å². The van der Waals surface area contributed by atoms with E-state index in [1.165, 1.54) is 33.4 Å². The SMILES string of the molecule is CC1(C)c2ccccc2-c2ccc(-c3ccc4sc5ccc(-c6cc(-c7ccccc7)cc(-c7ccccc7)c6)cc5c(=O)c4c3)cc21. The zero-order valence-electron chi connectivity index (χ0n) is 26.8. The van der Waals surface area contributed by atoms with Gasteiger partial charge in [0.2, 0.25) is 0 Å². The highest BCUT2D eigenvalue weighted by atomic mass is 32.1. The lowest BCUT2D eigenvalue weighted by Gasteiger charge is -2.22. The van der Waals surface area contributed by atoms with E-state index in [9.17, 15) is 4.79 Å². The molecule has 8 aromatic rings. The van der Waals surface area contributed by atoms with Gasteiger partial charge >= 0.3 is 0 Å². The fourth-order valence-corrected chi connectivity index (χ4v) is 8.52. The fourth-order valence-electron chi connectivity index (χ4n) is 7.49. The van der Waals surface area contributed by atoms with Crippen LogP contribution in [0.2, 0.25) is 0 Å². The number of rotatable bonds is 4. The minimum Gasteiger partial charge on any atom is -0.289 e. The van der Waals surface area contributed by atoms with Crippen LogP contribution in [0.1, 0.15) is 25.0 Å². The van der Waals surface area contributed by atoms with E-state index in [0.717, 1.165) is 53.6 Å². The first kappa shape index (κ1) is 28.6. The largest absolute Gasteiger partial charge is 0.289 e. The molecule has 0 spiro atoms. The molecule has 7 aromatic carbocycles. The van der Waals surface area contributed by atoms with Crippen molar-refractivity contribution < 1.29 is 0 Å². The molecule has 0 bridgehead atoms. The Bertz CT molecular complexity index is 2540. The third-order valence-electron chi connectivity index (χ3n) is 10.1. The minimum absolute atomic E-state index is 0.0741. The number of hydrogen-bond donors (Lipinski definition) is 0. The maximum Gasteiger partial charge on any atom is 0.195 e. The van der Waals surface area contributed by atoms with E-state index >= 15 is 0 Å². The van der Waals surface area contributed by atoms with Gasteiger partial charge in [-0.3, -0.25) is 4.79 Å². The monoisotopic (exact) mass is 632 g/mol. The highest BCUT2D eigenvalue weighted by Gasteiger charge is 2.35. The van der Waals surface area contributed by atoms with Crippen molar-refractivity contribution in [1.82, 2.24) is 0 Å². The number of hydrogen-bond acceptors (Lipinski definition) is 2. The van der Waals surface area contributed by atoms with Gasteiger partial charge in [0.05, 0.1) is 0 Å². The van der Waals surface area contributed by atoms with Gasteiger partial charge < -0.3 is 0 Å². The summed E-state index contributed by atoms with van der Waals surface area (Å²) in [6.07, 6.45) is 0. The molecule has 0 saturated carbocycles. The Hall–Kier alpha value is -5.57. The van der Waals surface area contributed by atoms with Gasteiger partial charge in [0.15, 0.2) is 5.43 Å². The van der Waals surface area contributed by atoms with Gasteiger partial charge in [-0.2, -0.15) is 0 Å². The maximum atomic E-state index is 14.3. The zero-order valence-corrected chi connectivity index (χ0v) is 27.6. The van der Waals surface area contributed by atoms with Gasteiger partial charge in [0.1, 0.15) is 0 Å². The third-order valence-corrected chi connectivity index (χ3v) is 11.2. The van der Waals surface area contributed by atoms with Crippen molar-refractivity contribution in [2.45, 2.75) is 19.3 Å². The lowest BCUT2D eigenvalue weighted by molar-refractivity contribution is 0.660. The van der Waals surface area contributed by atoms with Crippen molar-refractivity contribution in [2.24, 2.45) is 0 Å². The fraction of sp³-hybridized carbons (Fsp3) is 0.0652. The highest BCUT2D eigenvalue weighted by Crippen LogP contribution is 2.49. The van der Waals surface area contributed by atoms with Crippen LogP contribution in [0.15, 0.2) is 163 Å². The van der Waals surface area contributed by atoms with Crippen LogP contribution in [-0.2, 0) is 5.41 Å². The summed E-state index contributed by atoms with van der Waals surface area (Å²) >= 11 is 1.68. The van der Waals surface area contributed by atoms with Crippen LogP contribution in [0.25, 0.3) is 75.8 Å². The molecular formula is C46H32OS. The van der Waals surface area contributed by atoms with Crippen LogP contribution in [0.5, 0.6) is 0 Å². The molecule has 2 heteroatoms. The molecule has 0 fully saturated rings. The summed E-state index contributed by atoms with van der Waals surface area (Å²) in [5.41, 5.74) is 14.3. The molecule has 48 heavy (non-hydrogen) atoms. The molecule has 1 aliphatic rings. The van der Waals surface area contributed by atoms with Crippen LogP contribution in [-0.4, -0.2) is 0 Å². The van der Waals surface area contributed by atoms with E-state index < -0.39 is 0 Å². The average Bonchev–Trinajstić information content (AvgIpc) is 3.37. The standard InChI is InChI=1S/C46H32OS/c1-46(2)41-16-10-9-15-37(41)38-20-17-33(28-42(38)46)31-18-21-43-39(26-31)45(47)40-27-32(19-22-44(40)48-43)36-24-34(29-11-5-3-6-12-29)23-35(25-36)30-13-7-4-8-14-30/h3-28H,1-2H3. The van der Waals surface area contributed by atoms with Crippen LogP contribution >= 0.6 is 11.3 Å². The first-order valence-corrected chi connectivity index (χ1v) is 17.3. The maximum absolute atomic E-state index is 14.3. The molecule has 0 N–H and O–H groups in total.